The highest BCUT2D eigenvalue weighted by atomic mass is 79.9. The van der Waals surface area contributed by atoms with Gasteiger partial charge in [-0.3, -0.25) is 16.3 Å². The van der Waals surface area contributed by atoms with Gasteiger partial charge in [-0.1, -0.05) is 15.9 Å². The van der Waals surface area contributed by atoms with Crippen LogP contribution in [0.2, 0.25) is 0 Å². The second-order valence-electron chi connectivity index (χ2n) is 4.50. The third kappa shape index (κ3) is 3.72. The lowest BCUT2D eigenvalue weighted by Crippen LogP contribution is -2.30. The van der Waals surface area contributed by atoms with Crippen molar-refractivity contribution in [3.63, 3.8) is 0 Å². The topological polar surface area (TPSA) is 69.4 Å². The summed E-state index contributed by atoms with van der Waals surface area (Å²) in [5.74, 6) is 7.24. The monoisotopic (exact) mass is 351 g/mol. The Balaban J connectivity index is 2.31. The van der Waals surface area contributed by atoms with Crippen LogP contribution in [0.4, 0.5) is 0 Å². The lowest BCUT2D eigenvalue weighted by molar-refractivity contribution is 0.396. The second kappa shape index (κ2) is 7.40. The summed E-state index contributed by atoms with van der Waals surface area (Å²) >= 11 is 3.56. The van der Waals surface area contributed by atoms with Gasteiger partial charge in [0.05, 0.1) is 26.5 Å². The predicted molar refractivity (Wildman–Crippen MR) is 85.3 cm³/mol. The third-order valence-corrected chi connectivity index (χ3v) is 4.06. The number of pyridine rings is 1. The number of hydrazine groups is 1. The van der Waals surface area contributed by atoms with Crippen LogP contribution in [0, 0.1) is 0 Å². The van der Waals surface area contributed by atoms with Crippen LogP contribution in [0.1, 0.15) is 17.2 Å². The van der Waals surface area contributed by atoms with Gasteiger partial charge in [-0.05, 0) is 36.2 Å². The Labute approximate surface area is 132 Å². The van der Waals surface area contributed by atoms with Crippen molar-refractivity contribution in [3.8, 4) is 11.5 Å². The number of halogens is 1. The molecule has 0 saturated heterocycles. The standard InChI is InChI=1S/C15H18BrN3O2/c1-20-11-3-4-13(16)10(7-11)8-14(19-17)12-5-6-18-9-15(12)21-2/h3-7,9,14,19H,8,17H2,1-2H3. The molecule has 1 unspecified atom stereocenters. The highest BCUT2D eigenvalue weighted by Gasteiger charge is 2.17. The molecular formula is C15H18BrN3O2. The van der Waals surface area contributed by atoms with Crippen molar-refractivity contribution in [1.29, 1.82) is 0 Å². The molecule has 0 aliphatic carbocycles. The zero-order valence-corrected chi connectivity index (χ0v) is 13.6. The van der Waals surface area contributed by atoms with E-state index >= 15 is 0 Å². The average Bonchev–Trinajstić information content (AvgIpc) is 2.54. The number of hydrogen-bond donors (Lipinski definition) is 2. The smallest absolute Gasteiger partial charge is 0.141 e. The maximum atomic E-state index is 5.72. The molecule has 6 heteroatoms. The summed E-state index contributed by atoms with van der Waals surface area (Å²) in [6, 6.07) is 7.67. The van der Waals surface area contributed by atoms with Gasteiger partial charge in [0.15, 0.2) is 0 Å². The molecule has 2 rings (SSSR count). The van der Waals surface area contributed by atoms with Crippen molar-refractivity contribution < 1.29 is 9.47 Å². The van der Waals surface area contributed by atoms with Crippen LogP contribution in [-0.2, 0) is 6.42 Å². The highest BCUT2D eigenvalue weighted by molar-refractivity contribution is 9.10. The van der Waals surface area contributed by atoms with Gasteiger partial charge in [-0.15, -0.1) is 0 Å². The Hall–Kier alpha value is -1.63. The number of rotatable bonds is 6. The first kappa shape index (κ1) is 15.8. The van der Waals surface area contributed by atoms with E-state index in [1.165, 1.54) is 0 Å². The van der Waals surface area contributed by atoms with Gasteiger partial charge in [0.2, 0.25) is 0 Å². The number of benzene rings is 1. The first-order valence-electron chi connectivity index (χ1n) is 6.46. The molecule has 21 heavy (non-hydrogen) atoms. The van der Waals surface area contributed by atoms with E-state index in [0.29, 0.717) is 12.2 Å². The summed E-state index contributed by atoms with van der Waals surface area (Å²) in [6.45, 7) is 0. The first-order valence-corrected chi connectivity index (χ1v) is 7.25. The maximum Gasteiger partial charge on any atom is 0.141 e. The zero-order valence-electron chi connectivity index (χ0n) is 12.0. The largest absolute Gasteiger partial charge is 0.497 e. The number of nitrogens with zero attached hydrogens (tertiary/aromatic N) is 1. The van der Waals surface area contributed by atoms with Crippen molar-refractivity contribution in [3.05, 3.63) is 52.3 Å². The molecular weight excluding hydrogens is 334 g/mol. The minimum Gasteiger partial charge on any atom is -0.497 e. The molecule has 0 saturated carbocycles. The summed E-state index contributed by atoms with van der Waals surface area (Å²) in [5, 5.41) is 0. The zero-order chi connectivity index (χ0) is 15.2. The molecule has 2 aromatic rings. The number of nitrogens with two attached hydrogens (primary N) is 1. The molecule has 0 aliphatic rings. The van der Waals surface area contributed by atoms with Crippen molar-refractivity contribution in [2.45, 2.75) is 12.5 Å². The van der Waals surface area contributed by atoms with Crippen molar-refractivity contribution in [2.75, 3.05) is 14.2 Å². The molecule has 112 valence electrons. The van der Waals surface area contributed by atoms with Crippen LogP contribution in [0.5, 0.6) is 11.5 Å². The lowest BCUT2D eigenvalue weighted by Gasteiger charge is -2.19. The van der Waals surface area contributed by atoms with E-state index in [9.17, 15) is 0 Å². The van der Waals surface area contributed by atoms with E-state index in [2.05, 4.69) is 26.3 Å². The Morgan fingerprint density at radius 1 is 1.29 bits per heavy atom. The Kier molecular flexibility index (Phi) is 5.55. The number of aromatic nitrogens is 1. The maximum absolute atomic E-state index is 5.72. The molecule has 3 N–H and O–H groups in total. The van der Waals surface area contributed by atoms with Crippen LogP contribution in [-0.4, -0.2) is 19.2 Å². The van der Waals surface area contributed by atoms with E-state index in [0.717, 1.165) is 21.3 Å². The van der Waals surface area contributed by atoms with Crippen LogP contribution in [0.3, 0.4) is 0 Å². The number of hydrogen-bond acceptors (Lipinski definition) is 5. The predicted octanol–water partition coefficient (Wildman–Crippen LogP) is 2.61. The Bertz CT molecular complexity index is 607. The fourth-order valence-electron chi connectivity index (χ4n) is 2.16. The normalized spacial score (nSPS) is 12.0. The van der Waals surface area contributed by atoms with Gasteiger partial charge in [-0.25, -0.2) is 0 Å². The second-order valence-corrected chi connectivity index (χ2v) is 5.35. The minimum atomic E-state index is -0.0913. The van der Waals surface area contributed by atoms with Crippen LogP contribution < -0.4 is 20.7 Å². The van der Waals surface area contributed by atoms with Gasteiger partial charge in [0, 0.05) is 16.2 Å². The number of methoxy groups -OCH3 is 2. The highest BCUT2D eigenvalue weighted by Crippen LogP contribution is 2.30. The van der Waals surface area contributed by atoms with E-state index in [-0.39, 0.29) is 6.04 Å². The average molecular weight is 352 g/mol. The molecule has 0 spiro atoms. The molecule has 0 bridgehead atoms. The molecule has 1 atom stereocenters. The van der Waals surface area contributed by atoms with Gasteiger partial charge < -0.3 is 9.47 Å². The summed E-state index contributed by atoms with van der Waals surface area (Å²) in [5.41, 5.74) is 4.89. The molecule has 5 nitrogen and oxygen atoms in total. The van der Waals surface area contributed by atoms with E-state index in [1.54, 1.807) is 26.6 Å². The molecule has 0 fully saturated rings. The summed E-state index contributed by atoms with van der Waals surface area (Å²) in [7, 11) is 3.27. The molecule has 0 radical (unpaired) electrons. The van der Waals surface area contributed by atoms with E-state index in [4.69, 9.17) is 15.3 Å². The first-order chi connectivity index (χ1) is 10.2. The van der Waals surface area contributed by atoms with Crippen LogP contribution in [0.15, 0.2) is 41.1 Å². The fourth-order valence-corrected chi connectivity index (χ4v) is 2.57. The van der Waals surface area contributed by atoms with E-state index < -0.39 is 0 Å². The Morgan fingerprint density at radius 3 is 2.76 bits per heavy atom. The van der Waals surface area contributed by atoms with Gasteiger partial charge in [0.1, 0.15) is 11.5 Å². The number of nitrogens with one attached hydrogen (secondary N) is 1. The van der Waals surface area contributed by atoms with Gasteiger partial charge in [-0.2, -0.15) is 0 Å². The third-order valence-electron chi connectivity index (χ3n) is 3.29. The molecule has 1 aromatic heterocycles. The molecule has 1 heterocycles. The summed E-state index contributed by atoms with van der Waals surface area (Å²) < 4.78 is 11.6. The summed E-state index contributed by atoms with van der Waals surface area (Å²) in [4.78, 5) is 4.06. The van der Waals surface area contributed by atoms with Crippen LogP contribution >= 0.6 is 15.9 Å². The van der Waals surface area contributed by atoms with Gasteiger partial charge >= 0.3 is 0 Å². The quantitative estimate of drug-likeness (QED) is 0.618. The van der Waals surface area contributed by atoms with Crippen molar-refractivity contribution in [1.82, 2.24) is 10.4 Å². The van der Waals surface area contributed by atoms with Crippen molar-refractivity contribution in [2.24, 2.45) is 5.84 Å². The molecule has 1 aromatic carbocycles. The number of ether oxygens (including phenoxy) is 2. The van der Waals surface area contributed by atoms with Crippen LogP contribution in [0.25, 0.3) is 0 Å². The van der Waals surface area contributed by atoms with E-state index in [1.807, 2.05) is 24.3 Å². The lowest BCUT2D eigenvalue weighted by atomic mass is 9.99. The molecule has 0 aliphatic heterocycles. The molecule has 0 amide bonds. The fraction of sp³-hybridized carbons (Fsp3) is 0.267. The summed E-state index contributed by atoms with van der Waals surface area (Å²) in [6.07, 6.45) is 4.10. The Morgan fingerprint density at radius 2 is 2.10 bits per heavy atom. The minimum absolute atomic E-state index is 0.0913. The SMILES string of the molecule is COc1ccc(Br)c(CC(NN)c2ccncc2OC)c1. The van der Waals surface area contributed by atoms with Crippen molar-refractivity contribution >= 4 is 15.9 Å². The van der Waals surface area contributed by atoms with Gasteiger partial charge in [0.25, 0.3) is 0 Å².